The lowest BCUT2D eigenvalue weighted by Gasteiger charge is -2.61. The number of benzene rings is 3. The normalized spacial score (nSPS) is 37.8. The first-order valence-electron chi connectivity index (χ1n) is 28.5. The van der Waals surface area contributed by atoms with E-state index in [9.17, 15) is 34.2 Å². The van der Waals surface area contributed by atoms with Crippen LogP contribution in [0.1, 0.15) is 150 Å². The molecular weight excluding hydrogens is 965 g/mol. The highest BCUT2D eigenvalue weighted by atomic mass is 16.7. The van der Waals surface area contributed by atoms with Gasteiger partial charge in [0.05, 0.1) is 60.4 Å². The molecule has 13 nitrogen and oxygen atoms in total. The van der Waals surface area contributed by atoms with Crippen LogP contribution in [0.5, 0.6) is 0 Å². The molecule has 12 unspecified atom stereocenters. The Balaban J connectivity index is 0.781. The summed E-state index contributed by atoms with van der Waals surface area (Å²) in [6.45, 7) is 14.6. The van der Waals surface area contributed by atoms with E-state index in [1.165, 1.54) is 0 Å². The van der Waals surface area contributed by atoms with Crippen molar-refractivity contribution >= 4 is 29.5 Å². The average Bonchev–Trinajstić information content (AvgIpc) is 3.87. The number of carbonyl (C=O) groups is 5. The van der Waals surface area contributed by atoms with Crippen LogP contribution in [0.25, 0.3) is 0 Å². The Kier molecular flexibility index (Phi) is 17.4. The van der Waals surface area contributed by atoms with E-state index in [4.69, 9.17) is 28.4 Å². The maximum atomic E-state index is 14.3. The SMILES string of the molecule is CC1O[C@@H](OC[C@@H](C)CCC(=O)[C@@H](C)C2C(=O)CC3C4CCC5CC(O[C@@H]6CC(COC(=O)c7ccccc7)[C@H](O)[C@H](C)C6O)CCC5(C)C4CCC32C)C(OC(=O)c2ccccc2)[C@@H](OC(=O)c2ccccc2)[C@@H]1C. The molecule has 0 bridgehead atoms. The number of ketones is 2. The first kappa shape index (κ1) is 55.9. The summed E-state index contributed by atoms with van der Waals surface area (Å²) in [7, 11) is 0. The van der Waals surface area contributed by atoms with Crippen LogP contribution in [0, 0.1) is 70.0 Å². The molecular formula is C63H82O13. The van der Waals surface area contributed by atoms with Gasteiger partial charge >= 0.3 is 17.9 Å². The number of carbonyl (C=O) groups excluding carboxylic acids is 5. The van der Waals surface area contributed by atoms with Gasteiger partial charge in [0.2, 0.25) is 0 Å². The number of hydrogen-bond donors (Lipinski definition) is 2. The highest BCUT2D eigenvalue weighted by Gasteiger charge is 2.64. The lowest BCUT2D eigenvalue weighted by molar-refractivity contribution is -0.280. The van der Waals surface area contributed by atoms with Gasteiger partial charge in [-0.15, -0.1) is 0 Å². The van der Waals surface area contributed by atoms with Crippen molar-refractivity contribution in [2.45, 2.75) is 168 Å². The Morgan fingerprint density at radius 3 is 1.92 bits per heavy atom. The molecule has 5 aliphatic carbocycles. The highest BCUT2D eigenvalue weighted by molar-refractivity contribution is 5.92. The molecule has 3 aromatic rings. The van der Waals surface area contributed by atoms with E-state index in [0.29, 0.717) is 60.1 Å². The van der Waals surface area contributed by atoms with Gasteiger partial charge in [-0.25, -0.2) is 14.4 Å². The van der Waals surface area contributed by atoms with E-state index >= 15 is 0 Å². The first-order chi connectivity index (χ1) is 36.4. The van der Waals surface area contributed by atoms with Crippen LogP contribution in [-0.4, -0.2) is 102 Å². The molecule has 6 fully saturated rings. The number of ether oxygens (including phenoxy) is 6. The Morgan fingerprint density at radius 1 is 0.697 bits per heavy atom. The van der Waals surface area contributed by atoms with Crippen LogP contribution in [-0.2, 0) is 38.0 Å². The zero-order valence-corrected chi connectivity index (χ0v) is 45.6. The van der Waals surface area contributed by atoms with E-state index < -0.39 is 72.7 Å². The molecule has 0 amide bonds. The van der Waals surface area contributed by atoms with E-state index in [-0.39, 0.29) is 71.3 Å². The van der Waals surface area contributed by atoms with Crippen LogP contribution >= 0.6 is 0 Å². The molecule has 9 rings (SSSR count). The summed E-state index contributed by atoms with van der Waals surface area (Å²) in [5, 5.41) is 22.5. The molecule has 13 heteroatoms. The third-order valence-corrected chi connectivity index (χ3v) is 20.0. The van der Waals surface area contributed by atoms with Gasteiger partial charge in [0.1, 0.15) is 17.7 Å². The lowest BCUT2D eigenvalue weighted by atomic mass is 9.44. The van der Waals surface area contributed by atoms with E-state index in [0.717, 1.165) is 44.9 Å². The quantitative estimate of drug-likeness (QED) is 0.0964. The van der Waals surface area contributed by atoms with Crippen molar-refractivity contribution in [1.82, 2.24) is 0 Å². The number of esters is 3. The molecule has 412 valence electrons. The number of hydrogen-bond acceptors (Lipinski definition) is 13. The minimum Gasteiger partial charge on any atom is -0.462 e. The highest BCUT2D eigenvalue weighted by Crippen LogP contribution is 2.68. The molecule has 1 saturated heterocycles. The molecule has 1 aliphatic heterocycles. The van der Waals surface area contributed by atoms with E-state index in [1.807, 2.05) is 52.8 Å². The number of aliphatic hydroxyl groups excluding tert-OH is 2. The van der Waals surface area contributed by atoms with Gasteiger partial charge in [-0.1, -0.05) is 96.1 Å². The van der Waals surface area contributed by atoms with Crippen LogP contribution < -0.4 is 0 Å². The predicted molar refractivity (Wildman–Crippen MR) is 284 cm³/mol. The minimum atomic E-state index is -1.07. The van der Waals surface area contributed by atoms with Gasteiger partial charge in [0.15, 0.2) is 12.4 Å². The van der Waals surface area contributed by atoms with Crippen LogP contribution in [0.3, 0.4) is 0 Å². The lowest BCUT2D eigenvalue weighted by Crippen LogP contribution is -2.57. The molecule has 20 atom stereocenters. The molecule has 6 aliphatic rings. The fourth-order valence-corrected chi connectivity index (χ4v) is 15.2. The zero-order chi connectivity index (χ0) is 54.1. The molecule has 0 radical (unpaired) electrons. The number of Topliss-reactive ketones (excluding diaryl/α,β-unsaturated/α-hetero) is 2. The van der Waals surface area contributed by atoms with Gasteiger partial charge in [0.25, 0.3) is 0 Å². The number of rotatable bonds is 17. The fourth-order valence-electron chi connectivity index (χ4n) is 15.2. The van der Waals surface area contributed by atoms with Crippen LogP contribution in [0.4, 0.5) is 0 Å². The van der Waals surface area contributed by atoms with Gasteiger partial charge in [-0.3, -0.25) is 9.59 Å². The maximum Gasteiger partial charge on any atom is 0.338 e. The monoisotopic (exact) mass is 1050 g/mol. The van der Waals surface area contributed by atoms with Crippen molar-refractivity contribution < 1.29 is 62.6 Å². The molecule has 0 aromatic heterocycles. The van der Waals surface area contributed by atoms with E-state index in [1.54, 1.807) is 72.8 Å². The summed E-state index contributed by atoms with van der Waals surface area (Å²) < 4.78 is 37.4. The summed E-state index contributed by atoms with van der Waals surface area (Å²) >= 11 is 0. The van der Waals surface area contributed by atoms with Crippen molar-refractivity contribution in [3.63, 3.8) is 0 Å². The zero-order valence-electron chi connectivity index (χ0n) is 45.6. The van der Waals surface area contributed by atoms with Gasteiger partial charge < -0.3 is 38.6 Å². The smallest absolute Gasteiger partial charge is 0.338 e. The second kappa shape index (κ2) is 23.7. The Hall–Kier alpha value is -4.79. The summed E-state index contributed by atoms with van der Waals surface area (Å²) in [4.78, 5) is 68.2. The summed E-state index contributed by atoms with van der Waals surface area (Å²) in [6.07, 6.45) is 3.11. The van der Waals surface area contributed by atoms with E-state index in [2.05, 4.69) is 13.8 Å². The summed E-state index contributed by atoms with van der Waals surface area (Å²) in [6, 6.07) is 26.1. The molecule has 2 N–H and O–H groups in total. The van der Waals surface area contributed by atoms with Gasteiger partial charge in [-0.2, -0.15) is 0 Å². The van der Waals surface area contributed by atoms with Crippen molar-refractivity contribution in [2.75, 3.05) is 13.2 Å². The standard InChI is InChI=1S/C63H82O13/c1-36(34-72-61-57(76-60(70)43-21-15-10-16-22-43)56(37(2)40(5)73-61)75-59(69)42-19-13-9-14-20-42)23-26-50(64)38(3)53-51(65)33-49-47-25-24-45-32-46(27-29-62(45,6)48(47)28-30-63(49,53)7)74-52-31-44(54(66)39(4)55(52)67)35-71-58(68)41-17-11-8-12-18-41/h8-22,36-40,44-49,52-57,61,66-67H,23-35H2,1-7H3/t36-,37+,38+,39-,40?,44?,45?,46?,47?,48?,49?,52+,53?,54+,55?,56-,57?,61+,62?,63?/m0/s1. The third-order valence-electron chi connectivity index (χ3n) is 20.0. The fraction of sp³-hybridized carbons (Fsp3) is 0.635. The van der Waals surface area contributed by atoms with Crippen LogP contribution in [0.15, 0.2) is 91.0 Å². The van der Waals surface area contributed by atoms with Crippen LogP contribution in [0.2, 0.25) is 0 Å². The first-order valence-corrected chi connectivity index (χ1v) is 28.5. The maximum absolute atomic E-state index is 14.3. The van der Waals surface area contributed by atoms with Gasteiger partial charge in [-0.05, 0) is 142 Å². The molecule has 0 spiro atoms. The second-order valence-electron chi connectivity index (χ2n) is 24.5. The number of fused-ring (bicyclic) bond motifs is 5. The topological polar surface area (TPSA) is 181 Å². The molecule has 5 saturated carbocycles. The summed E-state index contributed by atoms with van der Waals surface area (Å²) in [5.41, 5.74) is 1.02. The third kappa shape index (κ3) is 11.5. The largest absolute Gasteiger partial charge is 0.462 e. The van der Waals surface area contributed by atoms with Crippen molar-refractivity contribution in [2.24, 2.45) is 70.0 Å². The Morgan fingerprint density at radius 2 is 1.29 bits per heavy atom. The van der Waals surface area contributed by atoms with Crippen molar-refractivity contribution in [1.29, 1.82) is 0 Å². The van der Waals surface area contributed by atoms with Crippen molar-refractivity contribution in [3.8, 4) is 0 Å². The Labute approximate surface area is 449 Å². The average molecular weight is 1050 g/mol. The number of aliphatic hydroxyl groups is 2. The molecule has 76 heavy (non-hydrogen) atoms. The van der Waals surface area contributed by atoms with Gasteiger partial charge in [0, 0.05) is 42.4 Å². The Bertz CT molecular complexity index is 2490. The van der Waals surface area contributed by atoms with Crippen molar-refractivity contribution in [3.05, 3.63) is 108 Å². The molecule has 3 aromatic carbocycles. The molecule has 1 heterocycles. The summed E-state index contributed by atoms with van der Waals surface area (Å²) in [5.74, 6) is -1.60. The minimum absolute atomic E-state index is 0.0182. The predicted octanol–water partition coefficient (Wildman–Crippen LogP) is 10.3. The second-order valence-corrected chi connectivity index (χ2v) is 24.5.